The Morgan fingerprint density at radius 1 is 1.00 bits per heavy atom. The molecule has 162 valence electrons. The Hall–Kier alpha value is -3.05. The summed E-state index contributed by atoms with van der Waals surface area (Å²) in [6.07, 6.45) is 0. The normalized spacial score (nSPS) is 14.6. The van der Waals surface area contributed by atoms with Crippen molar-refractivity contribution in [2.24, 2.45) is 0 Å². The van der Waals surface area contributed by atoms with E-state index in [0.29, 0.717) is 6.54 Å². The highest BCUT2D eigenvalue weighted by molar-refractivity contribution is 5.98. The zero-order chi connectivity index (χ0) is 21.8. The number of nitrogens with zero attached hydrogens (tertiary/aromatic N) is 2. The van der Waals surface area contributed by atoms with Crippen molar-refractivity contribution in [1.29, 1.82) is 0 Å². The number of carbonyl (C=O) groups is 1. The molecule has 2 aromatic carbocycles. The van der Waals surface area contributed by atoms with Crippen molar-refractivity contribution in [3.05, 3.63) is 83.2 Å². The van der Waals surface area contributed by atoms with Crippen molar-refractivity contribution >= 4 is 11.5 Å². The topological polar surface area (TPSA) is 38.9 Å². The van der Waals surface area contributed by atoms with Crippen LogP contribution in [0.4, 0.5) is 5.69 Å². The van der Waals surface area contributed by atoms with Crippen LogP contribution < -0.4 is 14.5 Å². The molecular formula is C26H32N3O2+. The number of aromatic nitrogens is 1. The molecule has 0 spiro atoms. The van der Waals surface area contributed by atoms with E-state index in [-0.39, 0.29) is 5.78 Å². The maximum Gasteiger partial charge on any atom is 0.218 e. The first-order chi connectivity index (χ1) is 15.0. The second-order valence-electron chi connectivity index (χ2n) is 8.39. The first-order valence-electron chi connectivity index (χ1n) is 11.0. The average molecular weight is 419 g/mol. The molecule has 0 aliphatic carbocycles. The number of ketones is 1. The lowest BCUT2D eigenvalue weighted by molar-refractivity contribution is -0.892. The van der Waals surface area contributed by atoms with Crippen LogP contribution in [0.3, 0.4) is 0 Å². The first kappa shape index (κ1) is 21.2. The summed E-state index contributed by atoms with van der Waals surface area (Å²) >= 11 is 0. The molecular weight excluding hydrogens is 386 g/mol. The fourth-order valence-electron chi connectivity index (χ4n) is 4.47. The molecule has 5 heteroatoms. The van der Waals surface area contributed by atoms with Crippen LogP contribution in [0.1, 0.15) is 27.3 Å². The lowest BCUT2D eigenvalue weighted by Crippen LogP contribution is -3.15. The van der Waals surface area contributed by atoms with Crippen molar-refractivity contribution in [3.8, 4) is 5.75 Å². The van der Waals surface area contributed by atoms with Gasteiger partial charge in [-0.1, -0.05) is 30.3 Å². The number of hydrogen-bond donors (Lipinski definition) is 1. The van der Waals surface area contributed by atoms with Crippen molar-refractivity contribution < 1.29 is 14.4 Å². The molecule has 0 unspecified atom stereocenters. The Bertz CT molecular complexity index is 1020. The maximum absolute atomic E-state index is 13.1. The molecule has 5 nitrogen and oxygen atoms in total. The number of ether oxygens (including phenoxy) is 1. The summed E-state index contributed by atoms with van der Waals surface area (Å²) in [4.78, 5) is 16.9. The van der Waals surface area contributed by atoms with Gasteiger partial charge in [0.2, 0.25) is 5.78 Å². The van der Waals surface area contributed by atoms with Gasteiger partial charge in [-0.25, -0.2) is 0 Å². The molecule has 0 saturated carbocycles. The number of carbonyl (C=O) groups excluding carboxylic acids is 1. The molecule has 31 heavy (non-hydrogen) atoms. The van der Waals surface area contributed by atoms with Crippen molar-refractivity contribution in [2.45, 2.75) is 20.4 Å². The third kappa shape index (κ3) is 4.83. The van der Waals surface area contributed by atoms with E-state index in [0.717, 1.165) is 55.4 Å². The van der Waals surface area contributed by atoms with Gasteiger partial charge < -0.3 is 19.1 Å². The molecule has 0 atom stereocenters. The SMILES string of the molecule is COc1ccc(N2CC[NH+](CC(=O)c3cc(C)n(Cc4ccccc4)c3C)CC2)cc1. The number of piperazine rings is 1. The summed E-state index contributed by atoms with van der Waals surface area (Å²) in [6, 6.07) is 20.7. The number of methoxy groups -OCH3 is 1. The van der Waals surface area contributed by atoms with E-state index in [1.807, 2.05) is 18.2 Å². The van der Waals surface area contributed by atoms with Gasteiger partial charge in [-0.05, 0) is 49.7 Å². The third-order valence-electron chi connectivity index (χ3n) is 6.38. The minimum absolute atomic E-state index is 0.250. The summed E-state index contributed by atoms with van der Waals surface area (Å²) in [7, 11) is 1.69. The third-order valence-corrected chi connectivity index (χ3v) is 6.38. The molecule has 4 rings (SSSR count). The number of rotatable bonds is 7. The number of benzene rings is 2. The van der Waals surface area contributed by atoms with E-state index in [2.05, 4.69) is 65.8 Å². The fourth-order valence-corrected chi connectivity index (χ4v) is 4.47. The van der Waals surface area contributed by atoms with Gasteiger partial charge in [-0.2, -0.15) is 0 Å². The van der Waals surface area contributed by atoms with E-state index in [9.17, 15) is 4.79 Å². The molecule has 0 amide bonds. The monoisotopic (exact) mass is 418 g/mol. The van der Waals surface area contributed by atoms with Crippen LogP contribution in [0, 0.1) is 13.8 Å². The zero-order valence-corrected chi connectivity index (χ0v) is 18.7. The van der Waals surface area contributed by atoms with E-state index in [1.54, 1.807) is 7.11 Å². The first-order valence-corrected chi connectivity index (χ1v) is 11.0. The molecule has 1 aromatic heterocycles. The lowest BCUT2D eigenvalue weighted by Gasteiger charge is -2.33. The van der Waals surface area contributed by atoms with Crippen LogP contribution in [-0.2, 0) is 6.54 Å². The second-order valence-corrected chi connectivity index (χ2v) is 8.39. The van der Waals surface area contributed by atoms with Crippen molar-refractivity contribution in [2.75, 3.05) is 44.7 Å². The highest BCUT2D eigenvalue weighted by Crippen LogP contribution is 2.20. The summed E-state index contributed by atoms with van der Waals surface area (Å²) in [5, 5.41) is 0. The molecule has 1 N–H and O–H groups in total. The summed E-state index contributed by atoms with van der Waals surface area (Å²) < 4.78 is 7.50. The Balaban J connectivity index is 1.36. The van der Waals surface area contributed by atoms with Gasteiger partial charge in [-0.15, -0.1) is 0 Å². The molecule has 1 saturated heterocycles. The van der Waals surface area contributed by atoms with E-state index < -0.39 is 0 Å². The number of quaternary nitrogens is 1. The Labute approximate surface area is 184 Å². The number of anilines is 1. The van der Waals surface area contributed by atoms with E-state index in [1.165, 1.54) is 16.2 Å². The number of hydrogen-bond acceptors (Lipinski definition) is 3. The van der Waals surface area contributed by atoms with Crippen LogP contribution in [0.25, 0.3) is 0 Å². The average Bonchev–Trinajstić information content (AvgIpc) is 3.09. The standard InChI is InChI=1S/C26H31N3O2/c1-20-17-25(21(2)29(20)18-22-7-5-4-6-8-22)26(30)19-27-13-15-28(16-14-27)23-9-11-24(31-3)12-10-23/h4-12,17H,13-16,18-19H2,1-3H3/p+1. The molecule has 1 fully saturated rings. The van der Waals surface area contributed by atoms with Gasteiger partial charge in [0.25, 0.3) is 0 Å². The molecule has 1 aliphatic heterocycles. The highest BCUT2D eigenvalue weighted by Gasteiger charge is 2.25. The highest BCUT2D eigenvalue weighted by atomic mass is 16.5. The zero-order valence-electron chi connectivity index (χ0n) is 18.7. The quantitative estimate of drug-likeness (QED) is 0.600. The lowest BCUT2D eigenvalue weighted by atomic mass is 10.1. The van der Waals surface area contributed by atoms with Gasteiger partial charge in [-0.3, -0.25) is 4.79 Å². The van der Waals surface area contributed by atoms with Gasteiger partial charge in [0.05, 0.1) is 33.3 Å². The second kappa shape index (κ2) is 9.40. The summed E-state index contributed by atoms with van der Waals surface area (Å²) in [5.41, 5.74) is 5.56. The maximum atomic E-state index is 13.1. The summed E-state index contributed by atoms with van der Waals surface area (Å²) in [6.45, 7) is 9.39. The van der Waals surface area contributed by atoms with Crippen LogP contribution in [-0.4, -0.2) is 50.2 Å². The van der Waals surface area contributed by atoms with Gasteiger partial charge in [0.1, 0.15) is 12.3 Å². The fraction of sp³-hybridized carbons (Fsp3) is 0.346. The Kier molecular flexibility index (Phi) is 6.42. The van der Waals surface area contributed by atoms with Crippen LogP contribution in [0.2, 0.25) is 0 Å². The molecule has 0 radical (unpaired) electrons. The molecule has 0 bridgehead atoms. The smallest absolute Gasteiger partial charge is 0.218 e. The Morgan fingerprint density at radius 2 is 1.68 bits per heavy atom. The van der Waals surface area contributed by atoms with Gasteiger partial charge in [0, 0.05) is 29.2 Å². The summed E-state index contributed by atoms with van der Waals surface area (Å²) in [5.74, 6) is 1.13. The largest absolute Gasteiger partial charge is 0.497 e. The van der Waals surface area contributed by atoms with Crippen LogP contribution >= 0.6 is 0 Å². The predicted molar refractivity (Wildman–Crippen MR) is 125 cm³/mol. The number of nitrogens with one attached hydrogen (secondary N) is 1. The van der Waals surface area contributed by atoms with Crippen molar-refractivity contribution in [1.82, 2.24) is 4.57 Å². The van der Waals surface area contributed by atoms with Gasteiger partial charge in [0.15, 0.2) is 0 Å². The minimum Gasteiger partial charge on any atom is -0.497 e. The molecule has 2 heterocycles. The van der Waals surface area contributed by atoms with E-state index in [4.69, 9.17) is 4.74 Å². The molecule has 1 aliphatic rings. The predicted octanol–water partition coefficient (Wildman–Crippen LogP) is 2.75. The number of Topliss-reactive ketones (excluding diaryl/α,β-unsaturated/α-hetero) is 1. The minimum atomic E-state index is 0.250. The van der Waals surface area contributed by atoms with Crippen LogP contribution in [0.15, 0.2) is 60.7 Å². The Morgan fingerprint density at radius 3 is 2.32 bits per heavy atom. The number of aryl methyl sites for hydroxylation is 1. The molecule has 3 aromatic rings. The van der Waals surface area contributed by atoms with Crippen molar-refractivity contribution in [3.63, 3.8) is 0 Å². The van der Waals surface area contributed by atoms with E-state index >= 15 is 0 Å². The van der Waals surface area contributed by atoms with Gasteiger partial charge >= 0.3 is 0 Å². The van der Waals surface area contributed by atoms with Crippen LogP contribution in [0.5, 0.6) is 5.75 Å².